The first kappa shape index (κ1) is 25.6. The summed E-state index contributed by atoms with van der Waals surface area (Å²) in [5.74, 6) is 0. The van der Waals surface area contributed by atoms with Gasteiger partial charge in [-0.25, -0.2) is 0 Å². The summed E-state index contributed by atoms with van der Waals surface area (Å²) >= 11 is -0.691. The van der Waals surface area contributed by atoms with Crippen molar-refractivity contribution >= 4 is 38.8 Å². The van der Waals surface area contributed by atoms with Gasteiger partial charge in [0.05, 0.1) is 0 Å². The van der Waals surface area contributed by atoms with Crippen LogP contribution in [-0.4, -0.2) is 0 Å². The summed E-state index contributed by atoms with van der Waals surface area (Å²) in [4.78, 5) is 0. The van der Waals surface area contributed by atoms with Gasteiger partial charge in [-0.15, -0.1) is 0 Å². The topological polar surface area (TPSA) is 0 Å². The van der Waals surface area contributed by atoms with Crippen LogP contribution in [0.5, 0.6) is 0 Å². The first-order chi connectivity index (χ1) is 10.8. The molecule has 0 unspecified atom stereocenters. The molecule has 22 heavy (non-hydrogen) atoms. The summed E-state index contributed by atoms with van der Waals surface area (Å²) in [5, 5.41) is 0. The molecule has 6 heteroatoms. The molecule has 0 radical (unpaired) electrons. The quantitative estimate of drug-likeness (QED) is 0.208. The van der Waals surface area contributed by atoms with Gasteiger partial charge in [0.2, 0.25) is 0 Å². The van der Waals surface area contributed by atoms with Gasteiger partial charge in [-0.05, 0) is 51.4 Å². The Kier molecular flexibility index (Phi) is 31.7. The van der Waals surface area contributed by atoms with E-state index < -0.39 is 0 Å². The van der Waals surface area contributed by atoms with Crippen LogP contribution in [0, 0.1) is 0 Å². The second-order valence-corrected chi connectivity index (χ2v) is 9.57. The summed E-state index contributed by atoms with van der Waals surface area (Å²) in [6.45, 7) is 0. The Hall–Kier alpha value is 1.37. The van der Waals surface area contributed by atoms with Crippen molar-refractivity contribution in [3.8, 4) is 0 Å². The SMILES string of the molecule is C1=C\CC/C=C\CC/1.C1=C\CC/C=C\CC/1.[Cl][Ru][Cl].[Cl][Ru][Cl]. The van der Waals surface area contributed by atoms with Crippen molar-refractivity contribution < 1.29 is 30.3 Å². The van der Waals surface area contributed by atoms with Crippen molar-refractivity contribution in [3.63, 3.8) is 0 Å². The number of hydrogen-bond acceptors (Lipinski definition) is 0. The molecular formula is C16H24Cl4Ru2. The Morgan fingerprint density at radius 2 is 0.455 bits per heavy atom. The van der Waals surface area contributed by atoms with Crippen LogP contribution < -0.4 is 0 Å². The molecule has 0 N–H and O–H groups in total. The zero-order valence-corrected chi connectivity index (χ0v) is 19.0. The van der Waals surface area contributed by atoms with Crippen LogP contribution in [0.25, 0.3) is 0 Å². The van der Waals surface area contributed by atoms with Crippen LogP contribution in [0.2, 0.25) is 0 Å². The summed E-state index contributed by atoms with van der Waals surface area (Å²) < 4.78 is 0. The van der Waals surface area contributed by atoms with E-state index in [4.69, 9.17) is 38.8 Å². The van der Waals surface area contributed by atoms with Crippen LogP contribution >= 0.6 is 38.8 Å². The fourth-order valence-corrected chi connectivity index (χ4v) is 1.71. The Morgan fingerprint density at radius 3 is 0.545 bits per heavy atom. The summed E-state index contributed by atoms with van der Waals surface area (Å²) in [7, 11) is 19.4. The molecule has 0 aliphatic heterocycles. The zero-order valence-electron chi connectivity index (χ0n) is 12.5. The van der Waals surface area contributed by atoms with Crippen LogP contribution in [0.3, 0.4) is 0 Å². The molecular weight excluding hydrogens is 536 g/mol. The first-order valence-corrected chi connectivity index (χ1v) is 16.1. The fraction of sp³-hybridized carbons (Fsp3) is 0.500. The third-order valence-corrected chi connectivity index (χ3v) is 2.67. The van der Waals surface area contributed by atoms with E-state index in [1.807, 2.05) is 0 Å². The number of hydrogen-bond donors (Lipinski definition) is 0. The maximum absolute atomic E-state index is 4.85. The van der Waals surface area contributed by atoms with E-state index in [2.05, 4.69) is 48.6 Å². The molecule has 0 saturated heterocycles. The van der Waals surface area contributed by atoms with Crippen LogP contribution in [0.4, 0.5) is 0 Å². The normalized spacial score (nSPS) is 22.4. The van der Waals surface area contributed by atoms with E-state index in [0.29, 0.717) is 0 Å². The van der Waals surface area contributed by atoms with Gasteiger partial charge in [0.25, 0.3) is 0 Å². The summed E-state index contributed by atoms with van der Waals surface area (Å²) in [6, 6.07) is 0. The molecule has 0 nitrogen and oxygen atoms in total. The Morgan fingerprint density at radius 1 is 0.364 bits per heavy atom. The van der Waals surface area contributed by atoms with Gasteiger partial charge in [0.1, 0.15) is 0 Å². The summed E-state index contributed by atoms with van der Waals surface area (Å²) in [6.07, 6.45) is 28.0. The zero-order chi connectivity index (χ0) is 16.7. The molecule has 0 spiro atoms. The molecule has 2 rings (SSSR count). The molecule has 0 aromatic carbocycles. The van der Waals surface area contributed by atoms with Crippen LogP contribution in [0.1, 0.15) is 51.4 Å². The Balaban J connectivity index is 0. The summed E-state index contributed by atoms with van der Waals surface area (Å²) in [5.41, 5.74) is 0. The van der Waals surface area contributed by atoms with Crippen molar-refractivity contribution in [2.24, 2.45) is 0 Å². The van der Waals surface area contributed by atoms with Crippen LogP contribution in [-0.2, 0) is 30.3 Å². The van der Waals surface area contributed by atoms with Gasteiger partial charge in [-0.2, -0.15) is 0 Å². The predicted molar refractivity (Wildman–Crippen MR) is 96.9 cm³/mol. The molecule has 0 aromatic heterocycles. The van der Waals surface area contributed by atoms with E-state index in [-0.39, 0.29) is 30.3 Å². The third kappa shape index (κ3) is 29.4. The average Bonchev–Trinajstić information content (AvgIpc) is 2.39. The molecule has 0 aromatic rings. The molecule has 0 fully saturated rings. The van der Waals surface area contributed by atoms with Crippen LogP contribution in [0.15, 0.2) is 48.6 Å². The molecule has 0 amide bonds. The van der Waals surface area contributed by atoms with Gasteiger partial charge in [0.15, 0.2) is 0 Å². The number of halogens is 4. The van der Waals surface area contributed by atoms with E-state index in [1.54, 1.807) is 0 Å². The Bertz CT molecular complexity index is 221. The minimum absolute atomic E-state index is 0.346. The second kappa shape index (κ2) is 27.2. The van der Waals surface area contributed by atoms with Gasteiger partial charge in [-0.3, -0.25) is 0 Å². The van der Waals surface area contributed by atoms with Gasteiger partial charge >= 0.3 is 69.1 Å². The van der Waals surface area contributed by atoms with Crippen molar-refractivity contribution in [1.29, 1.82) is 0 Å². The monoisotopic (exact) mass is 560 g/mol. The van der Waals surface area contributed by atoms with Crippen molar-refractivity contribution in [2.45, 2.75) is 51.4 Å². The Labute approximate surface area is 167 Å². The van der Waals surface area contributed by atoms with E-state index >= 15 is 0 Å². The maximum atomic E-state index is 4.85. The standard InChI is InChI=1S/2C8H12.4ClH.2Ru/c2*1-2-4-6-8-7-5-3-1;;;;;;/h2*1-2,7-8H,3-6H2;4*1H;;/q;;;;;;2*+2/p-4/b2*2-1-,8-7-;;;;;;. The van der Waals surface area contributed by atoms with Gasteiger partial charge in [0, 0.05) is 0 Å². The molecule has 2 aliphatic carbocycles. The van der Waals surface area contributed by atoms with Gasteiger partial charge in [-0.1, -0.05) is 48.6 Å². The molecule has 0 atom stereocenters. The minimum atomic E-state index is -0.346. The third-order valence-electron chi connectivity index (χ3n) is 2.67. The second-order valence-electron chi connectivity index (χ2n) is 4.30. The van der Waals surface area contributed by atoms with E-state index in [0.717, 1.165) is 0 Å². The number of allylic oxidation sites excluding steroid dienone is 8. The molecule has 0 heterocycles. The molecule has 0 bridgehead atoms. The first-order valence-electron chi connectivity index (χ1n) is 7.13. The van der Waals surface area contributed by atoms with E-state index in [9.17, 15) is 0 Å². The molecule has 2 aliphatic rings. The van der Waals surface area contributed by atoms with Crippen molar-refractivity contribution in [1.82, 2.24) is 0 Å². The fourth-order valence-electron chi connectivity index (χ4n) is 1.71. The molecule has 0 saturated carbocycles. The number of rotatable bonds is 0. The van der Waals surface area contributed by atoms with Gasteiger partial charge < -0.3 is 0 Å². The van der Waals surface area contributed by atoms with Crippen molar-refractivity contribution in [2.75, 3.05) is 0 Å². The average molecular weight is 560 g/mol. The van der Waals surface area contributed by atoms with E-state index in [1.165, 1.54) is 51.4 Å². The van der Waals surface area contributed by atoms with Crippen molar-refractivity contribution in [3.05, 3.63) is 48.6 Å². The molecule has 132 valence electrons. The predicted octanol–water partition coefficient (Wildman–Crippen LogP) is 8.10.